The molecular weight excluding hydrogens is 1100 g/mol. The summed E-state index contributed by atoms with van der Waals surface area (Å²) in [5, 5.41) is 12.2. The minimum Gasteiger partial charge on any atom is -0.494 e. The van der Waals surface area contributed by atoms with E-state index >= 15 is 8.42 Å². The molecule has 10 rings (SSSR count). The quantitative estimate of drug-likeness (QED) is 0.0369. The maximum absolute atomic E-state index is 15.3. The highest BCUT2D eigenvalue weighted by Crippen LogP contribution is 2.42. The van der Waals surface area contributed by atoms with Crippen molar-refractivity contribution in [1.82, 2.24) is 14.8 Å². The van der Waals surface area contributed by atoms with Crippen LogP contribution in [0.25, 0.3) is 21.8 Å². The van der Waals surface area contributed by atoms with Crippen molar-refractivity contribution < 1.29 is 41.0 Å². The Labute approximate surface area is 489 Å². The average molecular weight is 1180 g/mol. The molecule has 6 aromatic rings. The molecule has 4 saturated heterocycles. The highest BCUT2D eigenvalue weighted by Gasteiger charge is 2.38. The van der Waals surface area contributed by atoms with E-state index in [0.717, 1.165) is 128 Å². The van der Waals surface area contributed by atoms with Crippen molar-refractivity contribution in [2.75, 3.05) is 87.9 Å². The topological polar surface area (TPSA) is 146 Å². The van der Waals surface area contributed by atoms with Crippen LogP contribution in [0.1, 0.15) is 110 Å². The number of unbranched alkanes of at least 4 members (excludes halogenated alkanes) is 5. The van der Waals surface area contributed by atoms with E-state index in [-0.39, 0.29) is 31.8 Å². The van der Waals surface area contributed by atoms with E-state index in [0.29, 0.717) is 80.9 Å². The van der Waals surface area contributed by atoms with E-state index in [2.05, 4.69) is 57.7 Å². The van der Waals surface area contributed by atoms with Crippen molar-refractivity contribution in [3.8, 4) is 11.5 Å². The molecule has 4 aliphatic heterocycles. The lowest BCUT2D eigenvalue weighted by Crippen LogP contribution is -2.54. The summed E-state index contributed by atoms with van der Waals surface area (Å²) in [6.07, 6.45) is 21.3. The van der Waals surface area contributed by atoms with Gasteiger partial charge in [-0.1, -0.05) is 46.0 Å². The van der Waals surface area contributed by atoms with Gasteiger partial charge in [-0.05, 0) is 149 Å². The van der Waals surface area contributed by atoms with Crippen LogP contribution in [0.4, 0.5) is 11.4 Å². The first kappa shape index (κ1) is 59.3. The summed E-state index contributed by atoms with van der Waals surface area (Å²) in [6, 6.07) is 26.7. The van der Waals surface area contributed by atoms with Crippen molar-refractivity contribution in [2.45, 2.75) is 164 Å². The molecule has 1 unspecified atom stereocenters. The number of fused-ring (bicyclic) bond motifs is 2. The molecule has 6 heterocycles. The summed E-state index contributed by atoms with van der Waals surface area (Å²) in [4.78, 5) is 24.2. The molecule has 0 amide bonds. The van der Waals surface area contributed by atoms with Crippen molar-refractivity contribution in [2.24, 2.45) is 0 Å². The Morgan fingerprint density at radius 2 is 1.14 bits per heavy atom. The van der Waals surface area contributed by atoms with Crippen LogP contribution in [0.15, 0.2) is 127 Å². The van der Waals surface area contributed by atoms with Gasteiger partial charge >= 0.3 is 0 Å². The van der Waals surface area contributed by atoms with Crippen LogP contribution in [0.3, 0.4) is 0 Å². The normalized spacial score (nSPS) is 18.7. The molecule has 4 aliphatic rings. The van der Waals surface area contributed by atoms with Gasteiger partial charge in [0.2, 0.25) is 25.9 Å². The molecule has 4 fully saturated rings. The van der Waals surface area contributed by atoms with Crippen molar-refractivity contribution in [3.05, 3.63) is 97.3 Å². The molecule has 14 nitrogen and oxygen atoms in total. The van der Waals surface area contributed by atoms with Gasteiger partial charge in [-0.25, -0.2) is 16.8 Å². The van der Waals surface area contributed by atoms with Gasteiger partial charge in [0.1, 0.15) is 16.4 Å². The molecule has 0 spiro atoms. The molecule has 18 heteroatoms. The second kappa shape index (κ2) is 27.3. The van der Waals surface area contributed by atoms with E-state index in [1.54, 1.807) is 89.2 Å². The first-order chi connectivity index (χ1) is 39.4. The molecule has 2 aromatic heterocycles. The number of β-amino-alcohol motifs (C(OH)–C–C–N with tert-alkyl or cyclic N) is 1. The number of nitrogens with zero attached hydrogens (tertiary/aromatic N) is 6. The molecule has 1 N–H and O–H groups in total. The zero-order chi connectivity index (χ0) is 56.5. The number of benzene rings is 4. The van der Waals surface area contributed by atoms with E-state index in [9.17, 15) is 13.5 Å². The zero-order valence-corrected chi connectivity index (χ0v) is 51.1. The number of sulfone groups is 2. The smallest absolute Gasteiger partial charge is 0.266 e. The van der Waals surface area contributed by atoms with Gasteiger partial charge in [-0.2, -0.15) is 0 Å². The number of ether oxygens (including phenoxy) is 2. The first-order valence-corrected chi connectivity index (χ1v) is 35.1. The number of aromatic nitrogens is 2. The van der Waals surface area contributed by atoms with Crippen molar-refractivity contribution in [3.63, 3.8) is 0 Å². The molecule has 0 saturated carbocycles. The number of aliphatic hydroxyl groups excluding tert-OH is 1. The lowest BCUT2D eigenvalue weighted by molar-refractivity contribution is -0.881. The summed E-state index contributed by atoms with van der Waals surface area (Å²) >= 11 is 3.26. The Hall–Kier alpha value is -4.82. The third-order valence-electron chi connectivity index (χ3n) is 17.1. The first-order valence-electron chi connectivity index (χ1n) is 29.7. The number of rotatable bonds is 23. The third-order valence-corrected chi connectivity index (χ3v) is 22.1. The molecule has 0 bridgehead atoms. The molecule has 0 radical (unpaired) electrons. The lowest BCUT2D eigenvalue weighted by atomic mass is 9.98. The number of aliphatic hydroxyl groups is 1. The number of piperidine rings is 4. The largest absolute Gasteiger partial charge is 0.494 e. The van der Waals surface area contributed by atoms with Crippen LogP contribution >= 0.6 is 23.5 Å². The Balaban J connectivity index is 0.865. The Bertz CT molecular complexity index is 3290. The second-order valence-corrected chi connectivity index (χ2v) is 28.0. The molecular formula is C63H83N6O8S4+. The van der Waals surface area contributed by atoms with Gasteiger partial charge in [0.25, 0.3) is 5.52 Å². The predicted molar refractivity (Wildman–Crippen MR) is 326 cm³/mol. The minimum absolute atomic E-state index is 0.163. The highest BCUT2D eigenvalue weighted by molar-refractivity contribution is 7.98. The van der Waals surface area contributed by atoms with Crippen LogP contribution in [0.5, 0.6) is 11.5 Å². The highest BCUT2D eigenvalue weighted by atomic mass is 32.2. The van der Waals surface area contributed by atoms with Gasteiger partial charge in [0, 0.05) is 103 Å². The van der Waals surface area contributed by atoms with Gasteiger partial charge in [0.15, 0.2) is 11.0 Å². The van der Waals surface area contributed by atoms with Crippen LogP contribution in [0, 0.1) is 0 Å². The Kier molecular flexibility index (Phi) is 20.0. The Morgan fingerprint density at radius 1 is 0.593 bits per heavy atom. The number of hydrogen-bond donors (Lipinski definition) is 1. The van der Waals surface area contributed by atoms with Crippen LogP contribution in [-0.2, 0) is 19.7 Å². The van der Waals surface area contributed by atoms with Gasteiger partial charge in [-0.15, -0.1) is 23.5 Å². The maximum Gasteiger partial charge on any atom is 0.266 e. The fourth-order valence-electron chi connectivity index (χ4n) is 12.4. The van der Waals surface area contributed by atoms with Gasteiger partial charge in [0.05, 0.1) is 51.4 Å². The number of likely N-dealkylation sites (tertiary alicyclic amines) is 2. The minimum atomic E-state index is -4.08. The fraction of sp³-hybridized carbons (Fsp3) is 0.524. The summed E-state index contributed by atoms with van der Waals surface area (Å²) in [5.74, 6) is 1.31. The van der Waals surface area contributed by atoms with E-state index in [1.807, 2.05) is 24.6 Å². The number of thioether (sulfide) groups is 2. The fourth-order valence-corrected chi connectivity index (χ4v) is 16.2. The molecule has 4 aromatic carbocycles. The Morgan fingerprint density at radius 3 is 1.73 bits per heavy atom. The monoisotopic (exact) mass is 1180 g/mol. The zero-order valence-electron chi connectivity index (χ0n) is 47.8. The van der Waals surface area contributed by atoms with Crippen LogP contribution in [0.2, 0.25) is 0 Å². The maximum atomic E-state index is 15.3. The van der Waals surface area contributed by atoms with Crippen molar-refractivity contribution >= 4 is 76.4 Å². The third kappa shape index (κ3) is 13.7. The second-order valence-electron chi connectivity index (χ2n) is 22.4. The SMILES string of the molecule is CCCCCCCOc1ccc(S(=O)(=O)c2cnc3ccc(SC)cc3c2N2CCC(N3CCC(O[n+]4cc(S(=O)(=O)c5ccc(OCCCC)cc5)c(N5CCC(N6CCCC(O)C6)CC5)c5cc(SC)ccc54)CC3)CC2)cc1. The standard InChI is InChI=1S/C63H83N6O8S4/c1-5-7-9-10-11-40-76-50-14-20-54(21-15-50)80(71,72)60-43-64-58-24-18-52(78-3)41-56(58)62(60)66-33-26-46(27-34-66)65-37-30-51(31-38-65)77-69-45-61(81(73,74)55-22-16-49(17-23-55)75-39-8-6-2)63(57-42-53(79-4)19-25-59(57)69)67-35-28-47(29-36-67)68-32-12-13-48(70)44-68/h14-25,41-43,45-48,51,70H,5-13,26-40,44H2,1-4H3/q+1. The van der Waals surface area contributed by atoms with E-state index in [4.69, 9.17) is 19.3 Å². The summed E-state index contributed by atoms with van der Waals surface area (Å²) in [5.41, 5.74) is 3.01. The van der Waals surface area contributed by atoms with Gasteiger partial charge in [-0.3, -0.25) is 19.6 Å². The van der Waals surface area contributed by atoms with Crippen molar-refractivity contribution in [1.29, 1.82) is 0 Å². The molecule has 0 aliphatic carbocycles. The van der Waals surface area contributed by atoms with Crippen LogP contribution in [-0.4, -0.2) is 139 Å². The van der Waals surface area contributed by atoms with E-state index in [1.165, 1.54) is 19.3 Å². The predicted octanol–water partition coefficient (Wildman–Crippen LogP) is 11.3. The number of hydrogen-bond acceptors (Lipinski definition) is 15. The molecule has 1 atom stereocenters. The molecule has 81 heavy (non-hydrogen) atoms. The molecule has 436 valence electrons. The summed E-state index contributed by atoms with van der Waals surface area (Å²) < 4.78 is 73.6. The summed E-state index contributed by atoms with van der Waals surface area (Å²) in [6.45, 7) is 11.5. The average Bonchev–Trinajstić information content (AvgIpc) is 3.52. The number of pyridine rings is 2. The van der Waals surface area contributed by atoms with Crippen LogP contribution < -0.4 is 28.8 Å². The number of anilines is 2. The van der Waals surface area contributed by atoms with Gasteiger partial charge < -0.3 is 24.4 Å². The summed E-state index contributed by atoms with van der Waals surface area (Å²) in [7, 11) is -8.03. The van der Waals surface area contributed by atoms with E-state index < -0.39 is 19.7 Å². The lowest BCUT2D eigenvalue weighted by Gasteiger charge is -2.42.